The summed E-state index contributed by atoms with van der Waals surface area (Å²) in [5.41, 5.74) is 8.20. The lowest BCUT2D eigenvalue weighted by Crippen LogP contribution is -2.12. The van der Waals surface area contributed by atoms with E-state index in [1.807, 2.05) is 24.3 Å². The van der Waals surface area contributed by atoms with E-state index in [0.717, 1.165) is 11.1 Å². The molecule has 0 heterocycles. The van der Waals surface area contributed by atoms with Crippen molar-refractivity contribution in [2.45, 2.75) is 6.04 Å². The summed E-state index contributed by atoms with van der Waals surface area (Å²) < 4.78 is 0. The Morgan fingerprint density at radius 3 is 2.35 bits per heavy atom. The molecule has 0 spiro atoms. The van der Waals surface area contributed by atoms with Gasteiger partial charge in [0.1, 0.15) is 0 Å². The Morgan fingerprint density at radius 1 is 0.800 bits per heavy atom. The van der Waals surface area contributed by atoms with Crippen LogP contribution in [0.5, 0.6) is 0 Å². The summed E-state index contributed by atoms with van der Waals surface area (Å²) in [5.74, 6) is 0. The largest absolute Gasteiger partial charge is 0.320 e. The topological polar surface area (TPSA) is 26.0 Å². The number of rotatable bonds is 2. The molecule has 0 radical (unpaired) electrons. The van der Waals surface area contributed by atoms with Crippen molar-refractivity contribution in [1.29, 1.82) is 0 Å². The van der Waals surface area contributed by atoms with Gasteiger partial charge in [0.25, 0.3) is 0 Å². The fourth-order valence-corrected chi connectivity index (χ4v) is 2.75. The zero-order chi connectivity index (χ0) is 14.1. The van der Waals surface area contributed by atoms with Crippen LogP contribution in [0.15, 0.2) is 60.7 Å². The van der Waals surface area contributed by atoms with E-state index in [4.69, 9.17) is 28.9 Å². The van der Waals surface area contributed by atoms with Crippen LogP contribution in [0.1, 0.15) is 17.2 Å². The van der Waals surface area contributed by atoms with Gasteiger partial charge in [-0.1, -0.05) is 59.6 Å². The zero-order valence-corrected chi connectivity index (χ0v) is 12.2. The van der Waals surface area contributed by atoms with Crippen molar-refractivity contribution in [3.8, 4) is 0 Å². The SMILES string of the molecule is NC(c1ccc2ccccc2c1)c1cc(Cl)ccc1Cl. The quantitative estimate of drug-likeness (QED) is 0.692. The predicted molar refractivity (Wildman–Crippen MR) is 86.4 cm³/mol. The molecular weight excluding hydrogens is 289 g/mol. The van der Waals surface area contributed by atoms with E-state index in [2.05, 4.69) is 24.3 Å². The minimum atomic E-state index is -0.286. The molecule has 0 aliphatic carbocycles. The Balaban J connectivity index is 2.07. The van der Waals surface area contributed by atoms with Gasteiger partial charge < -0.3 is 5.73 Å². The molecule has 3 aromatic carbocycles. The highest BCUT2D eigenvalue weighted by atomic mass is 35.5. The van der Waals surface area contributed by atoms with E-state index >= 15 is 0 Å². The van der Waals surface area contributed by atoms with E-state index in [-0.39, 0.29) is 6.04 Å². The third kappa shape index (κ3) is 2.53. The maximum Gasteiger partial charge on any atom is 0.0567 e. The Labute approximate surface area is 127 Å². The smallest absolute Gasteiger partial charge is 0.0567 e. The van der Waals surface area contributed by atoms with Crippen molar-refractivity contribution in [3.05, 3.63) is 81.8 Å². The van der Waals surface area contributed by atoms with Crippen LogP contribution in [0.4, 0.5) is 0 Å². The predicted octanol–water partition coefficient (Wildman–Crippen LogP) is 5.19. The molecule has 3 aromatic rings. The number of nitrogens with two attached hydrogens (primary N) is 1. The van der Waals surface area contributed by atoms with Crippen LogP contribution in [-0.4, -0.2) is 0 Å². The first kappa shape index (κ1) is 13.4. The number of fused-ring (bicyclic) bond motifs is 1. The van der Waals surface area contributed by atoms with Crippen molar-refractivity contribution in [3.63, 3.8) is 0 Å². The fourth-order valence-electron chi connectivity index (χ4n) is 2.33. The molecule has 1 atom stereocenters. The van der Waals surface area contributed by atoms with Crippen LogP contribution >= 0.6 is 23.2 Å². The van der Waals surface area contributed by atoms with Crippen molar-refractivity contribution in [1.82, 2.24) is 0 Å². The highest BCUT2D eigenvalue weighted by Gasteiger charge is 2.13. The summed E-state index contributed by atoms with van der Waals surface area (Å²) in [6, 6.07) is 19.5. The monoisotopic (exact) mass is 301 g/mol. The van der Waals surface area contributed by atoms with Gasteiger partial charge in [-0.05, 0) is 46.2 Å². The van der Waals surface area contributed by atoms with Gasteiger partial charge in [0.2, 0.25) is 0 Å². The molecule has 3 heteroatoms. The van der Waals surface area contributed by atoms with Gasteiger partial charge in [-0.2, -0.15) is 0 Å². The lowest BCUT2D eigenvalue weighted by Gasteiger charge is -2.15. The molecule has 0 fully saturated rings. The molecule has 100 valence electrons. The van der Waals surface area contributed by atoms with Crippen LogP contribution in [0, 0.1) is 0 Å². The van der Waals surface area contributed by atoms with Gasteiger partial charge in [0, 0.05) is 10.0 Å². The molecule has 1 unspecified atom stereocenters. The van der Waals surface area contributed by atoms with Gasteiger partial charge in [0.05, 0.1) is 6.04 Å². The van der Waals surface area contributed by atoms with Crippen LogP contribution in [-0.2, 0) is 0 Å². The van der Waals surface area contributed by atoms with Crippen LogP contribution < -0.4 is 5.73 Å². The second-order valence-corrected chi connectivity index (χ2v) is 5.59. The summed E-state index contributed by atoms with van der Waals surface area (Å²) in [6.07, 6.45) is 0. The molecule has 0 saturated heterocycles. The Hall–Kier alpha value is -1.54. The van der Waals surface area contributed by atoms with Gasteiger partial charge in [0.15, 0.2) is 0 Å². The summed E-state index contributed by atoms with van der Waals surface area (Å²) in [5, 5.41) is 3.63. The van der Waals surface area contributed by atoms with E-state index in [9.17, 15) is 0 Å². The maximum atomic E-state index is 6.33. The van der Waals surface area contributed by atoms with Crippen LogP contribution in [0.25, 0.3) is 10.8 Å². The summed E-state index contributed by atoms with van der Waals surface area (Å²) in [4.78, 5) is 0. The summed E-state index contributed by atoms with van der Waals surface area (Å²) in [6.45, 7) is 0. The van der Waals surface area contributed by atoms with Gasteiger partial charge in [-0.15, -0.1) is 0 Å². The van der Waals surface area contributed by atoms with Crippen molar-refractivity contribution in [2.24, 2.45) is 5.73 Å². The van der Waals surface area contributed by atoms with Gasteiger partial charge in [-0.3, -0.25) is 0 Å². The molecule has 0 aromatic heterocycles. The van der Waals surface area contributed by atoms with E-state index in [1.165, 1.54) is 10.8 Å². The standard InChI is InChI=1S/C17H13Cl2N/c18-14-7-8-16(19)15(10-14)17(20)13-6-5-11-3-1-2-4-12(11)9-13/h1-10,17H,20H2. The molecule has 2 N–H and O–H groups in total. The molecule has 3 rings (SSSR count). The second-order valence-electron chi connectivity index (χ2n) is 4.75. The number of hydrogen-bond donors (Lipinski definition) is 1. The molecular formula is C17H13Cl2N. The normalized spacial score (nSPS) is 12.6. The zero-order valence-electron chi connectivity index (χ0n) is 10.7. The first-order chi connectivity index (χ1) is 9.65. The third-order valence-electron chi connectivity index (χ3n) is 3.43. The maximum absolute atomic E-state index is 6.33. The lowest BCUT2D eigenvalue weighted by atomic mass is 9.97. The number of benzene rings is 3. The Kier molecular flexibility index (Phi) is 3.66. The van der Waals surface area contributed by atoms with E-state index < -0.39 is 0 Å². The highest BCUT2D eigenvalue weighted by molar-refractivity contribution is 6.33. The fraction of sp³-hybridized carbons (Fsp3) is 0.0588. The van der Waals surface area contributed by atoms with Crippen molar-refractivity contribution < 1.29 is 0 Å². The molecule has 0 amide bonds. The Morgan fingerprint density at radius 2 is 1.55 bits per heavy atom. The van der Waals surface area contributed by atoms with Crippen molar-refractivity contribution >= 4 is 34.0 Å². The average Bonchev–Trinajstić information content (AvgIpc) is 2.48. The minimum absolute atomic E-state index is 0.286. The average molecular weight is 302 g/mol. The molecule has 20 heavy (non-hydrogen) atoms. The second kappa shape index (κ2) is 5.45. The minimum Gasteiger partial charge on any atom is -0.320 e. The van der Waals surface area contributed by atoms with Crippen LogP contribution in [0.2, 0.25) is 10.0 Å². The third-order valence-corrected chi connectivity index (χ3v) is 4.01. The molecule has 0 aliphatic heterocycles. The van der Waals surface area contributed by atoms with E-state index in [0.29, 0.717) is 10.0 Å². The van der Waals surface area contributed by atoms with Crippen molar-refractivity contribution in [2.75, 3.05) is 0 Å². The first-order valence-electron chi connectivity index (χ1n) is 6.34. The highest BCUT2D eigenvalue weighted by Crippen LogP contribution is 2.30. The van der Waals surface area contributed by atoms with E-state index in [1.54, 1.807) is 12.1 Å². The molecule has 0 aliphatic rings. The first-order valence-corrected chi connectivity index (χ1v) is 7.10. The van der Waals surface area contributed by atoms with Gasteiger partial charge in [-0.25, -0.2) is 0 Å². The number of halogens is 2. The van der Waals surface area contributed by atoms with Gasteiger partial charge >= 0.3 is 0 Å². The molecule has 0 bridgehead atoms. The number of hydrogen-bond acceptors (Lipinski definition) is 1. The lowest BCUT2D eigenvalue weighted by molar-refractivity contribution is 0.874. The van der Waals surface area contributed by atoms with Crippen LogP contribution in [0.3, 0.4) is 0 Å². The Bertz CT molecular complexity index is 768. The summed E-state index contributed by atoms with van der Waals surface area (Å²) in [7, 11) is 0. The molecule has 0 saturated carbocycles. The molecule has 1 nitrogen and oxygen atoms in total. The summed E-state index contributed by atoms with van der Waals surface area (Å²) >= 11 is 12.2.